The van der Waals surface area contributed by atoms with Crippen molar-refractivity contribution >= 4 is 34.9 Å². The maximum absolute atomic E-state index is 10.9. The van der Waals surface area contributed by atoms with E-state index < -0.39 is 10.9 Å². The highest BCUT2D eigenvalue weighted by molar-refractivity contribution is 6.38. The average molecular weight is 317 g/mol. The molecule has 0 aliphatic rings. The van der Waals surface area contributed by atoms with Crippen LogP contribution in [0.2, 0.25) is 10.0 Å². The normalized spacial score (nSPS) is 10.6. The summed E-state index contributed by atoms with van der Waals surface area (Å²) >= 11 is 11.9. The molecule has 0 radical (unpaired) electrons. The van der Waals surface area contributed by atoms with Crippen LogP contribution in [0, 0.1) is 17.0 Å². The van der Waals surface area contributed by atoms with E-state index in [1.807, 2.05) is 0 Å². The van der Waals surface area contributed by atoms with Crippen LogP contribution in [0.5, 0.6) is 0 Å². The fourth-order valence-electron chi connectivity index (χ4n) is 1.60. The van der Waals surface area contributed by atoms with Crippen LogP contribution in [0.3, 0.4) is 0 Å². The van der Waals surface area contributed by atoms with Crippen LogP contribution in [0.1, 0.15) is 16.2 Å². The number of carbonyl (C=O) groups is 1. The van der Waals surface area contributed by atoms with E-state index in [2.05, 4.69) is 10.3 Å². The molecule has 0 aliphatic heterocycles. The minimum absolute atomic E-state index is 0.0332. The number of nitrogens with zero attached hydrogens (tertiary/aromatic N) is 4. The molecule has 0 bridgehead atoms. The second-order valence-electron chi connectivity index (χ2n) is 3.76. The van der Waals surface area contributed by atoms with Crippen molar-refractivity contribution < 1.29 is 14.8 Å². The number of nitro benzene ring substituents is 1. The zero-order chi connectivity index (χ0) is 15.0. The minimum Gasteiger partial charge on any atom is -0.476 e. The first-order valence-corrected chi connectivity index (χ1v) is 5.88. The van der Waals surface area contributed by atoms with Crippen molar-refractivity contribution in [3.63, 3.8) is 0 Å². The lowest BCUT2D eigenvalue weighted by molar-refractivity contribution is -0.384. The van der Waals surface area contributed by atoms with Gasteiger partial charge >= 0.3 is 5.97 Å². The van der Waals surface area contributed by atoms with Crippen LogP contribution in [0.15, 0.2) is 12.1 Å². The molecule has 0 fully saturated rings. The van der Waals surface area contributed by atoms with Gasteiger partial charge in [0.2, 0.25) is 0 Å². The number of benzene rings is 1. The number of carboxylic acid groups (broad SMARTS) is 1. The Morgan fingerprint density at radius 2 is 1.95 bits per heavy atom. The molecule has 0 unspecified atom stereocenters. The van der Waals surface area contributed by atoms with Crippen molar-refractivity contribution in [3.8, 4) is 5.69 Å². The highest BCUT2D eigenvalue weighted by atomic mass is 35.5. The van der Waals surface area contributed by atoms with Gasteiger partial charge in [0, 0.05) is 12.1 Å². The maximum Gasteiger partial charge on any atom is 0.358 e. The summed E-state index contributed by atoms with van der Waals surface area (Å²) in [5.41, 5.74) is -0.193. The molecule has 1 aromatic carbocycles. The molecular formula is C10H6Cl2N4O4. The standard InChI is InChI=1S/C10H6Cl2N4O4/c1-4-8(10(17)18)13-14-15(4)9-6(11)2-5(16(19)20)3-7(9)12/h2-3H,1H3,(H,17,18). The van der Waals surface area contributed by atoms with Crippen molar-refractivity contribution in [1.29, 1.82) is 0 Å². The lowest BCUT2D eigenvalue weighted by Crippen LogP contribution is -2.04. The van der Waals surface area contributed by atoms with E-state index in [0.717, 1.165) is 16.8 Å². The van der Waals surface area contributed by atoms with Crippen molar-refractivity contribution in [1.82, 2.24) is 15.0 Å². The highest BCUT2D eigenvalue weighted by Gasteiger charge is 2.21. The SMILES string of the molecule is Cc1c(C(=O)O)nnn1-c1c(Cl)cc([N+](=O)[O-])cc1Cl. The molecule has 0 spiro atoms. The quantitative estimate of drug-likeness (QED) is 0.687. The lowest BCUT2D eigenvalue weighted by atomic mass is 10.2. The first-order valence-electron chi connectivity index (χ1n) is 5.12. The van der Waals surface area contributed by atoms with Gasteiger partial charge in [-0.1, -0.05) is 28.4 Å². The van der Waals surface area contributed by atoms with E-state index in [4.69, 9.17) is 28.3 Å². The number of non-ortho nitro benzene ring substituents is 1. The second kappa shape index (κ2) is 5.06. The molecule has 104 valence electrons. The van der Waals surface area contributed by atoms with Gasteiger partial charge in [-0.2, -0.15) is 0 Å². The smallest absolute Gasteiger partial charge is 0.358 e. The van der Waals surface area contributed by atoms with E-state index in [9.17, 15) is 14.9 Å². The van der Waals surface area contributed by atoms with E-state index in [1.54, 1.807) is 0 Å². The summed E-state index contributed by atoms with van der Waals surface area (Å²) in [6, 6.07) is 2.20. The summed E-state index contributed by atoms with van der Waals surface area (Å²) < 4.78 is 1.12. The zero-order valence-electron chi connectivity index (χ0n) is 9.87. The first-order chi connectivity index (χ1) is 9.32. The van der Waals surface area contributed by atoms with Crippen molar-refractivity contribution in [2.24, 2.45) is 0 Å². The number of aromatic nitrogens is 3. The number of carboxylic acids is 1. The number of halogens is 2. The van der Waals surface area contributed by atoms with Gasteiger partial charge in [0.05, 0.1) is 20.7 Å². The van der Waals surface area contributed by atoms with E-state index in [0.29, 0.717) is 0 Å². The molecular weight excluding hydrogens is 311 g/mol. The van der Waals surface area contributed by atoms with Gasteiger partial charge < -0.3 is 5.11 Å². The summed E-state index contributed by atoms with van der Waals surface area (Å²) in [6.07, 6.45) is 0. The predicted octanol–water partition coefficient (Wildman–Crippen LogP) is 2.49. The largest absolute Gasteiger partial charge is 0.476 e. The summed E-state index contributed by atoms with van der Waals surface area (Å²) in [6.45, 7) is 1.47. The minimum atomic E-state index is -1.25. The monoisotopic (exact) mass is 316 g/mol. The van der Waals surface area contributed by atoms with Crippen molar-refractivity contribution in [3.05, 3.63) is 43.7 Å². The molecule has 20 heavy (non-hydrogen) atoms. The van der Waals surface area contributed by atoms with E-state index in [1.165, 1.54) is 6.92 Å². The lowest BCUT2D eigenvalue weighted by Gasteiger charge is -2.08. The van der Waals surface area contributed by atoms with Gasteiger partial charge in [0.15, 0.2) is 5.69 Å². The molecule has 10 heteroatoms. The van der Waals surface area contributed by atoms with Gasteiger partial charge in [-0.3, -0.25) is 10.1 Å². The Morgan fingerprint density at radius 1 is 1.40 bits per heavy atom. The van der Waals surface area contributed by atoms with Crippen LogP contribution in [-0.2, 0) is 0 Å². The van der Waals surface area contributed by atoms with Crippen LogP contribution >= 0.6 is 23.2 Å². The summed E-state index contributed by atoms with van der Waals surface area (Å²) in [5, 5.41) is 26.7. The third kappa shape index (κ3) is 2.30. The molecule has 1 aromatic heterocycles. The van der Waals surface area contributed by atoms with Gasteiger partial charge in [0.25, 0.3) is 5.69 Å². The fourth-order valence-corrected chi connectivity index (χ4v) is 2.23. The van der Waals surface area contributed by atoms with Crippen LogP contribution in [0.25, 0.3) is 5.69 Å². The second-order valence-corrected chi connectivity index (χ2v) is 4.57. The van der Waals surface area contributed by atoms with Gasteiger partial charge in [-0.05, 0) is 6.92 Å². The van der Waals surface area contributed by atoms with Crippen molar-refractivity contribution in [2.45, 2.75) is 6.92 Å². The van der Waals surface area contributed by atoms with Crippen molar-refractivity contribution in [2.75, 3.05) is 0 Å². The Kier molecular flexibility index (Phi) is 3.60. The van der Waals surface area contributed by atoms with E-state index in [-0.39, 0.29) is 32.8 Å². The number of aromatic carboxylic acids is 1. The molecule has 8 nitrogen and oxygen atoms in total. The average Bonchev–Trinajstić information content (AvgIpc) is 2.70. The predicted molar refractivity (Wildman–Crippen MR) is 69.7 cm³/mol. The zero-order valence-corrected chi connectivity index (χ0v) is 11.4. The van der Waals surface area contributed by atoms with Crippen LogP contribution < -0.4 is 0 Å². The summed E-state index contributed by atoms with van der Waals surface area (Å²) in [5.74, 6) is -1.25. The third-order valence-electron chi connectivity index (χ3n) is 2.52. The molecule has 2 rings (SSSR count). The van der Waals surface area contributed by atoms with E-state index >= 15 is 0 Å². The molecule has 0 saturated carbocycles. The fraction of sp³-hybridized carbons (Fsp3) is 0.100. The molecule has 0 aliphatic carbocycles. The molecule has 0 saturated heterocycles. The van der Waals surface area contributed by atoms with Gasteiger partial charge in [-0.15, -0.1) is 5.10 Å². The van der Waals surface area contributed by atoms with Crippen LogP contribution in [0.4, 0.5) is 5.69 Å². The third-order valence-corrected chi connectivity index (χ3v) is 3.10. The Morgan fingerprint density at radius 3 is 2.35 bits per heavy atom. The van der Waals surface area contributed by atoms with Gasteiger partial charge in [0.1, 0.15) is 5.69 Å². The Labute approximate surface area is 121 Å². The molecule has 1 N–H and O–H groups in total. The highest BCUT2D eigenvalue weighted by Crippen LogP contribution is 2.33. The Balaban J connectivity index is 2.65. The van der Waals surface area contributed by atoms with Crippen LogP contribution in [-0.4, -0.2) is 31.0 Å². The topological polar surface area (TPSA) is 111 Å². The number of nitro groups is 1. The molecule has 1 heterocycles. The number of hydrogen-bond donors (Lipinski definition) is 1. The molecule has 0 atom stereocenters. The summed E-state index contributed by atoms with van der Waals surface area (Å²) in [7, 11) is 0. The molecule has 0 amide bonds. The summed E-state index contributed by atoms with van der Waals surface area (Å²) in [4.78, 5) is 21.0. The number of rotatable bonds is 3. The van der Waals surface area contributed by atoms with Gasteiger partial charge in [-0.25, -0.2) is 9.48 Å². The first kappa shape index (κ1) is 14.2. The Hall–Kier alpha value is -2.19. The molecule has 2 aromatic rings. The number of hydrogen-bond acceptors (Lipinski definition) is 5. The Bertz CT molecular complexity index is 705. The maximum atomic E-state index is 10.9.